The number of nitrogens with zero attached hydrogens (tertiary/aromatic N) is 4. The number of piperazine rings is 1. The maximum Gasteiger partial charge on any atom is 0.224 e. The Morgan fingerprint density at radius 3 is 2.64 bits per heavy atom. The fourth-order valence-corrected chi connectivity index (χ4v) is 5.84. The summed E-state index contributed by atoms with van der Waals surface area (Å²) in [4.78, 5) is 17.2. The van der Waals surface area contributed by atoms with Crippen LogP contribution in [0.25, 0.3) is 11.3 Å². The van der Waals surface area contributed by atoms with E-state index in [0.29, 0.717) is 18.1 Å². The molecule has 2 aromatic rings. The van der Waals surface area contributed by atoms with Crippen LogP contribution in [0.15, 0.2) is 39.3 Å². The predicted molar refractivity (Wildman–Crippen MR) is 131 cm³/mol. The average molecular weight is 468 g/mol. The van der Waals surface area contributed by atoms with Crippen LogP contribution in [0.4, 0.5) is 0 Å². The van der Waals surface area contributed by atoms with Gasteiger partial charge in [-0.25, -0.2) is 9.98 Å². The predicted octanol–water partition coefficient (Wildman–Crippen LogP) is 3.30. The molecule has 5 rings (SSSR count). The molecule has 3 aliphatic heterocycles. The Labute approximate surface area is 198 Å². The molecule has 1 fully saturated rings. The largest absolute Gasteiger partial charge is 0.493 e. The van der Waals surface area contributed by atoms with Gasteiger partial charge in [0.25, 0.3) is 0 Å². The second-order valence-corrected chi connectivity index (χ2v) is 9.28. The van der Waals surface area contributed by atoms with Crippen LogP contribution in [0.3, 0.4) is 0 Å². The minimum Gasteiger partial charge on any atom is -0.493 e. The highest BCUT2D eigenvalue weighted by Crippen LogP contribution is 2.49. The van der Waals surface area contributed by atoms with E-state index >= 15 is 0 Å². The molecule has 2 atom stereocenters. The number of rotatable bonds is 4. The number of aliphatic imine (C=N–C) groups is 2. The molecule has 0 amide bonds. The normalized spacial score (nSPS) is 21.6. The number of nitrogens with one attached hydrogen (secondary N) is 1. The van der Waals surface area contributed by atoms with Crippen molar-refractivity contribution in [2.45, 2.75) is 30.2 Å². The summed E-state index contributed by atoms with van der Waals surface area (Å²) in [5.74, 6) is 2.92. The van der Waals surface area contributed by atoms with Crippen LogP contribution in [-0.4, -0.2) is 74.0 Å². The molecule has 8 nitrogen and oxygen atoms in total. The molecule has 0 bridgehead atoms. The highest BCUT2D eigenvalue weighted by molar-refractivity contribution is 8.01. The third-order valence-corrected chi connectivity index (χ3v) is 7.38. The van der Waals surface area contributed by atoms with Crippen molar-refractivity contribution in [2.24, 2.45) is 9.98 Å². The number of aryl methyl sites for hydroxylation is 1. The van der Waals surface area contributed by atoms with Crippen molar-refractivity contribution >= 4 is 23.6 Å². The molecule has 33 heavy (non-hydrogen) atoms. The Kier molecular flexibility index (Phi) is 6.16. The number of guanidine groups is 1. The number of pyridine rings is 1. The summed E-state index contributed by atoms with van der Waals surface area (Å²) < 4.78 is 16.9. The Hall–Kier alpha value is -2.78. The number of methoxy groups -OCH3 is 2. The van der Waals surface area contributed by atoms with Gasteiger partial charge < -0.3 is 24.4 Å². The lowest BCUT2D eigenvalue weighted by Gasteiger charge is -2.32. The summed E-state index contributed by atoms with van der Waals surface area (Å²) >= 11 is 1.70. The molecule has 0 aliphatic carbocycles. The molecule has 1 aromatic carbocycles. The van der Waals surface area contributed by atoms with Gasteiger partial charge in [0.1, 0.15) is 16.3 Å². The molecular formula is C24H29N5O3S. The standard InChI is InChI=1S/C24H29N5O3S/c1-5-32-22-21-20(27-24(28-22)29-10-8-25-9-11-29)19-14(2)12-16(26-23(19)33-21)15-6-7-17(30-3)18(13-15)31-4/h6-7,12-13,20-21,25H,5,8-11H2,1-4H3. The summed E-state index contributed by atoms with van der Waals surface area (Å²) in [6.07, 6.45) is 0. The average Bonchev–Trinajstić information content (AvgIpc) is 3.23. The molecule has 2 unspecified atom stereocenters. The Morgan fingerprint density at radius 2 is 1.91 bits per heavy atom. The first-order chi connectivity index (χ1) is 16.1. The van der Waals surface area contributed by atoms with Gasteiger partial charge in [0.2, 0.25) is 11.9 Å². The van der Waals surface area contributed by atoms with Crippen LogP contribution in [0, 0.1) is 6.92 Å². The van der Waals surface area contributed by atoms with Gasteiger partial charge in [0.05, 0.1) is 26.5 Å². The summed E-state index contributed by atoms with van der Waals surface area (Å²) in [5, 5.41) is 4.40. The van der Waals surface area contributed by atoms with Gasteiger partial charge in [0, 0.05) is 37.3 Å². The summed E-state index contributed by atoms with van der Waals surface area (Å²) in [6.45, 7) is 8.39. The van der Waals surface area contributed by atoms with Crippen LogP contribution in [-0.2, 0) is 4.74 Å². The van der Waals surface area contributed by atoms with Crippen molar-refractivity contribution in [1.82, 2.24) is 15.2 Å². The topological polar surface area (TPSA) is 80.6 Å². The quantitative estimate of drug-likeness (QED) is 0.739. The fourth-order valence-electron chi connectivity index (χ4n) is 4.50. The van der Waals surface area contributed by atoms with Gasteiger partial charge in [-0.05, 0) is 43.7 Å². The Bertz CT molecular complexity index is 1110. The molecule has 0 radical (unpaired) electrons. The second kappa shape index (κ2) is 9.23. The van der Waals surface area contributed by atoms with Crippen molar-refractivity contribution in [2.75, 3.05) is 47.0 Å². The molecule has 9 heteroatoms. The molecule has 1 N–H and O–H groups in total. The van der Waals surface area contributed by atoms with Gasteiger partial charge in [-0.3, -0.25) is 0 Å². The number of hydrogen-bond acceptors (Lipinski definition) is 9. The lowest BCUT2D eigenvalue weighted by Crippen LogP contribution is -2.47. The molecule has 0 spiro atoms. The van der Waals surface area contributed by atoms with Gasteiger partial charge in [0.15, 0.2) is 11.5 Å². The molecule has 0 saturated carbocycles. The summed E-state index contributed by atoms with van der Waals surface area (Å²) in [5.41, 5.74) is 4.23. The van der Waals surface area contributed by atoms with E-state index in [4.69, 9.17) is 29.2 Å². The maximum atomic E-state index is 6.01. The van der Waals surface area contributed by atoms with Crippen LogP contribution < -0.4 is 14.8 Å². The van der Waals surface area contributed by atoms with Crippen LogP contribution in [0.1, 0.15) is 24.1 Å². The van der Waals surface area contributed by atoms with Crippen molar-refractivity contribution in [3.8, 4) is 22.8 Å². The Morgan fingerprint density at radius 1 is 1.12 bits per heavy atom. The minimum absolute atomic E-state index is 0.0125. The number of benzene rings is 1. The monoisotopic (exact) mass is 467 g/mol. The third kappa shape index (κ3) is 4.04. The first-order valence-corrected chi connectivity index (χ1v) is 12.2. The summed E-state index contributed by atoms with van der Waals surface area (Å²) in [7, 11) is 3.28. The van der Waals surface area contributed by atoms with Crippen molar-refractivity contribution in [1.29, 1.82) is 0 Å². The van der Waals surface area contributed by atoms with Gasteiger partial charge in [-0.1, -0.05) is 11.8 Å². The maximum absolute atomic E-state index is 6.01. The molecule has 1 aromatic heterocycles. The zero-order chi connectivity index (χ0) is 22.9. The second-order valence-electron chi connectivity index (χ2n) is 8.15. The van der Waals surface area contributed by atoms with E-state index in [-0.39, 0.29) is 11.3 Å². The third-order valence-electron chi connectivity index (χ3n) is 6.13. The number of thioether (sulfide) groups is 1. The van der Waals surface area contributed by atoms with Gasteiger partial charge in [-0.15, -0.1) is 0 Å². The van der Waals surface area contributed by atoms with Crippen molar-refractivity contribution in [3.63, 3.8) is 0 Å². The highest BCUT2D eigenvalue weighted by atomic mass is 32.2. The number of ether oxygens (including phenoxy) is 3. The Balaban J connectivity index is 1.53. The molecule has 1 saturated heterocycles. The highest BCUT2D eigenvalue weighted by Gasteiger charge is 2.43. The lowest BCUT2D eigenvalue weighted by molar-refractivity contribution is 0.309. The van der Waals surface area contributed by atoms with Crippen LogP contribution in [0.2, 0.25) is 0 Å². The zero-order valence-corrected chi connectivity index (χ0v) is 20.2. The SMILES string of the molecule is CCOC1=NC(N2CCNCC2)=NC2c3c(C)cc(-c4ccc(OC)c(OC)c4)nc3SC12. The van der Waals surface area contributed by atoms with Crippen molar-refractivity contribution in [3.05, 3.63) is 35.4 Å². The molecular weight excluding hydrogens is 438 g/mol. The molecule has 174 valence electrons. The minimum atomic E-state index is -0.0408. The van der Waals surface area contributed by atoms with E-state index in [2.05, 4.69) is 23.2 Å². The zero-order valence-electron chi connectivity index (χ0n) is 19.4. The molecule has 3 aliphatic rings. The number of hydrogen-bond donors (Lipinski definition) is 1. The van der Waals surface area contributed by atoms with Gasteiger partial charge in [-0.2, -0.15) is 4.99 Å². The van der Waals surface area contributed by atoms with E-state index in [1.807, 2.05) is 25.1 Å². The van der Waals surface area contributed by atoms with E-state index < -0.39 is 0 Å². The van der Waals surface area contributed by atoms with Crippen LogP contribution in [0.5, 0.6) is 11.5 Å². The van der Waals surface area contributed by atoms with E-state index in [9.17, 15) is 0 Å². The van der Waals surface area contributed by atoms with Crippen molar-refractivity contribution < 1.29 is 14.2 Å². The summed E-state index contributed by atoms with van der Waals surface area (Å²) in [6, 6.07) is 7.98. The van der Waals surface area contributed by atoms with E-state index in [1.165, 1.54) is 11.1 Å². The van der Waals surface area contributed by atoms with E-state index in [0.717, 1.165) is 54.3 Å². The van der Waals surface area contributed by atoms with Crippen LogP contribution >= 0.6 is 11.8 Å². The fraction of sp³-hybridized carbons (Fsp3) is 0.458. The van der Waals surface area contributed by atoms with Gasteiger partial charge >= 0.3 is 0 Å². The number of fused-ring (bicyclic) bond motifs is 3. The molecule has 4 heterocycles. The van der Waals surface area contributed by atoms with E-state index in [1.54, 1.807) is 26.0 Å². The smallest absolute Gasteiger partial charge is 0.224 e. The first kappa shape index (κ1) is 22.0. The first-order valence-electron chi connectivity index (χ1n) is 11.3. The lowest BCUT2D eigenvalue weighted by atomic mass is 9.98. The number of aromatic nitrogens is 1.